The third-order valence-corrected chi connectivity index (χ3v) is 5.75. The number of hydrogen-bond donors (Lipinski definition) is 3. The highest BCUT2D eigenvalue weighted by molar-refractivity contribution is 5.81. The van der Waals surface area contributed by atoms with E-state index in [2.05, 4.69) is 48.9 Å². The lowest BCUT2D eigenvalue weighted by Gasteiger charge is -2.29. The van der Waals surface area contributed by atoms with Gasteiger partial charge >= 0.3 is 0 Å². The quantitative estimate of drug-likeness (QED) is 0.649. The maximum absolute atomic E-state index is 12.4. The Bertz CT molecular complexity index is 920. The van der Waals surface area contributed by atoms with Crippen molar-refractivity contribution in [1.82, 2.24) is 20.1 Å². The van der Waals surface area contributed by atoms with E-state index in [1.54, 1.807) is 11.9 Å². The van der Waals surface area contributed by atoms with Crippen LogP contribution in [0.25, 0.3) is 17.5 Å². The minimum absolute atomic E-state index is 0.00659. The molecular formula is C23H34N4O3. The summed E-state index contributed by atoms with van der Waals surface area (Å²) in [7, 11) is 3.18. The van der Waals surface area contributed by atoms with Gasteiger partial charge in [-0.25, -0.2) is 0 Å². The highest BCUT2D eigenvalue weighted by atomic mass is 16.5. The second kappa shape index (κ2) is 8.78. The van der Waals surface area contributed by atoms with Crippen molar-refractivity contribution in [3.05, 3.63) is 34.7 Å². The summed E-state index contributed by atoms with van der Waals surface area (Å²) in [5, 5.41) is 17.6. The highest BCUT2D eigenvalue weighted by Gasteiger charge is 2.28. The number of aromatic amines is 2. The third kappa shape index (κ3) is 4.84. The number of nitrogens with one attached hydrogen (secondary N) is 2. The molecule has 3 N–H and O–H groups in total. The number of aryl methyl sites for hydroxylation is 1. The van der Waals surface area contributed by atoms with Crippen LogP contribution in [-0.2, 0) is 22.4 Å². The Morgan fingerprint density at radius 3 is 2.83 bits per heavy atom. The van der Waals surface area contributed by atoms with Crippen LogP contribution in [0.4, 0.5) is 0 Å². The average molecular weight is 415 g/mol. The Balaban J connectivity index is 1.78. The smallest absolute Gasteiger partial charge is 0.254 e. The molecular weight excluding hydrogens is 380 g/mol. The maximum Gasteiger partial charge on any atom is 0.254 e. The van der Waals surface area contributed by atoms with Crippen LogP contribution in [0.2, 0.25) is 0 Å². The Kier molecular flexibility index (Phi) is 6.53. The lowest BCUT2D eigenvalue weighted by atomic mass is 9.88. The minimum Gasteiger partial charge on any atom is -0.381 e. The van der Waals surface area contributed by atoms with Gasteiger partial charge < -0.3 is 19.7 Å². The first-order valence-electron chi connectivity index (χ1n) is 10.5. The number of ether oxygens (including phenoxy) is 1. The number of likely N-dealkylation sites (N-methyl/N-ethyl adjacent to an activating group) is 1. The number of carbonyl (C=O) groups is 1. The van der Waals surface area contributed by atoms with Gasteiger partial charge in [0.2, 0.25) is 0 Å². The predicted octanol–water partition coefficient (Wildman–Crippen LogP) is 3.10. The Morgan fingerprint density at radius 2 is 2.17 bits per heavy atom. The molecule has 0 saturated carbocycles. The number of nitrogens with zero attached hydrogens (tertiary/aromatic N) is 2. The fourth-order valence-electron chi connectivity index (χ4n) is 3.83. The number of aliphatic hydroxyl groups is 1. The molecule has 1 aliphatic rings. The molecule has 2 heterocycles. The first-order chi connectivity index (χ1) is 14.1. The lowest BCUT2D eigenvalue weighted by Crippen LogP contribution is -2.45. The molecule has 0 aromatic carbocycles. The van der Waals surface area contributed by atoms with Gasteiger partial charge in [0.25, 0.3) is 5.91 Å². The number of hydrogen-bond acceptors (Lipinski definition) is 4. The second-order valence-electron chi connectivity index (χ2n) is 9.40. The first kappa shape index (κ1) is 22.3. The zero-order valence-corrected chi connectivity index (χ0v) is 18.9. The van der Waals surface area contributed by atoms with Crippen LogP contribution >= 0.6 is 0 Å². The van der Waals surface area contributed by atoms with Crippen molar-refractivity contribution < 1.29 is 14.6 Å². The average Bonchev–Trinajstić information content (AvgIpc) is 3.27. The van der Waals surface area contributed by atoms with E-state index in [-0.39, 0.29) is 24.0 Å². The molecule has 0 fully saturated rings. The number of rotatable bonds is 7. The number of aromatic nitrogens is 3. The summed E-state index contributed by atoms with van der Waals surface area (Å²) in [6.45, 7) is 8.82. The number of fused-ring (bicyclic) bond motifs is 1. The predicted molar refractivity (Wildman–Crippen MR) is 118 cm³/mol. The van der Waals surface area contributed by atoms with E-state index in [0.717, 1.165) is 41.2 Å². The summed E-state index contributed by atoms with van der Waals surface area (Å²) < 4.78 is 4.89. The van der Waals surface area contributed by atoms with Gasteiger partial charge in [0.05, 0.1) is 18.3 Å². The van der Waals surface area contributed by atoms with Crippen LogP contribution in [0.1, 0.15) is 49.7 Å². The molecule has 0 aliphatic heterocycles. The molecule has 1 aliphatic carbocycles. The molecule has 0 spiro atoms. The maximum atomic E-state index is 12.4. The van der Waals surface area contributed by atoms with E-state index >= 15 is 0 Å². The van der Waals surface area contributed by atoms with E-state index in [1.165, 1.54) is 12.7 Å². The largest absolute Gasteiger partial charge is 0.381 e. The summed E-state index contributed by atoms with van der Waals surface area (Å²) in [4.78, 5) is 17.5. The van der Waals surface area contributed by atoms with E-state index < -0.39 is 6.10 Å². The van der Waals surface area contributed by atoms with E-state index in [0.29, 0.717) is 6.42 Å². The number of methoxy groups -OCH3 is 1. The molecule has 7 heteroatoms. The van der Waals surface area contributed by atoms with Crippen molar-refractivity contribution in [2.24, 2.45) is 5.41 Å². The minimum atomic E-state index is -1.15. The Labute approximate surface area is 178 Å². The third-order valence-electron chi connectivity index (χ3n) is 5.75. The molecule has 2 aromatic heterocycles. The molecule has 2 atom stereocenters. The first-order valence-corrected chi connectivity index (χ1v) is 10.5. The molecule has 1 amide bonds. The van der Waals surface area contributed by atoms with Crippen molar-refractivity contribution in [3.8, 4) is 11.4 Å². The van der Waals surface area contributed by atoms with Gasteiger partial charge in [-0.3, -0.25) is 9.89 Å². The van der Waals surface area contributed by atoms with Crippen molar-refractivity contribution in [2.75, 3.05) is 20.8 Å². The van der Waals surface area contributed by atoms with Gasteiger partial charge in [0, 0.05) is 37.5 Å². The molecule has 2 unspecified atom stereocenters. The van der Waals surface area contributed by atoms with Crippen LogP contribution in [0.5, 0.6) is 0 Å². The van der Waals surface area contributed by atoms with Crippen LogP contribution < -0.4 is 0 Å². The van der Waals surface area contributed by atoms with Crippen LogP contribution in [0, 0.1) is 12.3 Å². The van der Waals surface area contributed by atoms with Crippen LogP contribution in [0.3, 0.4) is 0 Å². The molecule has 2 aromatic rings. The fourth-order valence-corrected chi connectivity index (χ4v) is 3.83. The molecule has 30 heavy (non-hydrogen) atoms. The number of amides is 1. The van der Waals surface area contributed by atoms with E-state index in [4.69, 9.17) is 4.74 Å². The van der Waals surface area contributed by atoms with Gasteiger partial charge in [-0.05, 0) is 36.8 Å². The monoisotopic (exact) mass is 414 g/mol. The van der Waals surface area contributed by atoms with Gasteiger partial charge in [-0.15, -0.1) is 0 Å². The van der Waals surface area contributed by atoms with Crippen molar-refractivity contribution >= 4 is 12.0 Å². The Morgan fingerprint density at radius 1 is 1.43 bits per heavy atom. The zero-order valence-electron chi connectivity index (χ0n) is 18.9. The normalized spacial score (nSPS) is 17.1. The fraction of sp³-hybridized carbons (Fsp3) is 0.565. The Hall–Kier alpha value is -2.38. The second-order valence-corrected chi connectivity index (χ2v) is 9.40. The van der Waals surface area contributed by atoms with Gasteiger partial charge in [-0.1, -0.05) is 32.9 Å². The highest BCUT2D eigenvalue weighted by Crippen LogP contribution is 2.31. The summed E-state index contributed by atoms with van der Waals surface area (Å²) in [5.74, 6) is -0.339. The standard InChI is InChI=1S/C23H34N4O3/c1-14-17(9-10-23(2,3)4)21(26-25-14)19-11-15-7-8-16(12-18(15)24-19)27(5)22(29)20(28)13-30-6/h7-8,11,16,20,24,28H,9-10,12-13H2,1-6H3,(H,25,26). The van der Waals surface area contributed by atoms with Crippen LogP contribution in [0.15, 0.2) is 12.1 Å². The molecule has 7 nitrogen and oxygen atoms in total. The summed E-state index contributed by atoms with van der Waals surface area (Å²) in [6.07, 6.45) is 5.61. The van der Waals surface area contributed by atoms with Gasteiger partial charge in [-0.2, -0.15) is 5.10 Å². The van der Waals surface area contributed by atoms with Crippen molar-refractivity contribution in [1.29, 1.82) is 0 Å². The van der Waals surface area contributed by atoms with Gasteiger partial charge in [0.1, 0.15) is 5.69 Å². The van der Waals surface area contributed by atoms with Crippen molar-refractivity contribution in [3.63, 3.8) is 0 Å². The summed E-state index contributed by atoms with van der Waals surface area (Å²) in [5.41, 5.74) is 6.76. The number of aliphatic hydroxyl groups excluding tert-OH is 1. The van der Waals surface area contributed by atoms with E-state index in [1.807, 2.05) is 12.2 Å². The van der Waals surface area contributed by atoms with Gasteiger partial charge in [0.15, 0.2) is 6.10 Å². The molecule has 0 bridgehead atoms. The molecule has 3 rings (SSSR count). The molecule has 0 radical (unpaired) electrons. The molecule has 164 valence electrons. The van der Waals surface area contributed by atoms with Crippen molar-refractivity contribution in [2.45, 2.75) is 59.1 Å². The number of H-pyrrole nitrogens is 2. The topological polar surface area (TPSA) is 94.2 Å². The zero-order chi connectivity index (χ0) is 22.1. The van der Waals surface area contributed by atoms with Crippen LogP contribution in [-0.4, -0.2) is 64.0 Å². The summed E-state index contributed by atoms with van der Waals surface area (Å²) >= 11 is 0. The lowest BCUT2D eigenvalue weighted by molar-refractivity contribution is -0.142. The summed E-state index contributed by atoms with van der Waals surface area (Å²) in [6, 6.07) is 2.00. The van der Waals surface area contributed by atoms with E-state index in [9.17, 15) is 9.90 Å². The SMILES string of the molecule is COCC(O)C(=O)N(C)C1C=Cc2cc(-c3n[nH]c(C)c3CCC(C)(C)C)[nH]c2C1. The molecule has 0 saturated heterocycles. The number of carbonyl (C=O) groups excluding carboxylic acids is 1.